The fraction of sp³-hybridized carbons (Fsp3) is 0.565. The highest BCUT2D eigenvalue weighted by molar-refractivity contribution is 6.40. The molecule has 5 rings (SSSR count). The van der Waals surface area contributed by atoms with E-state index < -0.39 is 41.2 Å². The molecule has 1 aromatic heterocycles. The van der Waals surface area contributed by atoms with E-state index in [1.54, 1.807) is 6.07 Å². The SMILES string of the molecule is BC(B)(C1CCOCC1(F)F)N1C[C@H]2C[C@H](Nc3ccc(-c4cc(F)cc(F)c4F)nn3)C[C@H]2C1. The molecule has 35 heavy (non-hydrogen) atoms. The third-order valence-electron chi connectivity index (χ3n) is 8.06. The van der Waals surface area contributed by atoms with Gasteiger partial charge < -0.3 is 15.0 Å². The second kappa shape index (κ2) is 9.03. The Morgan fingerprint density at radius 2 is 1.77 bits per heavy atom. The second-order valence-corrected chi connectivity index (χ2v) is 10.6. The van der Waals surface area contributed by atoms with Gasteiger partial charge in [0.2, 0.25) is 0 Å². The predicted molar refractivity (Wildman–Crippen MR) is 126 cm³/mol. The number of aromatic nitrogens is 2. The first-order valence-corrected chi connectivity index (χ1v) is 12.0. The number of likely N-dealkylation sites (tertiary alicyclic amines) is 1. The maximum absolute atomic E-state index is 14.6. The Labute approximate surface area is 202 Å². The summed E-state index contributed by atoms with van der Waals surface area (Å²) in [6.45, 7) is 1.42. The topological polar surface area (TPSA) is 50.3 Å². The third-order valence-corrected chi connectivity index (χ3v) is 8.06. The normalized spacial score (nSPS) is 28.7. The van der Waals surface area contributed by atoms with Crippen molar-refractivity contribution in [3.8, 4) is 11.3 Å². The lowest BCUT2D eigenvalue weighted by Gasteiger charge is -2.48. The van der Waals surface area contributed by atoms with Crippen LogP contribution in [0.4, 0.5) is 27.8 Å². The van der Waals surface area contributed by atoms with Crippen molar-refractivity contribution < 1.29 is 26.7 Å². The van der Waals surface area contributed by atoms with Crippen LogP contribution in [0.3, 0.4) is 0 Å². The van der Waals surface area contributed by atoms with Crippen LogP contribution in [0.5, 0.6) is 0 Å². The number of anilines is 1. The average molecular weight is 492 g/mol. The first-order chi connectivity index (χ1) is 16.5. The van der Waals surface area contributed by atoms with Crippen LogP contribution in [0, 0.1) is 35.2 Å². The number of nitrogens with one attached hydrogen (secondary N) is 1. The van der Waals surface area contributed by atoms with E-state index in [4.69, 9.17) is 4.74 Å². The van der Waals surface area contributed by atoms with E-state index in [0.717, 1.165) is 32.0 Å². The Balaban J connectivity index is 1.20. The zero-order valence-corrected chi connectivity index (χ0v) is 19.7. The van der Waals surface area contributed by atoms with Gasteiger partial charge in [-0.05, 0) is 54.6 Å². The minimum atomic E-state index is -2.82. The lowest BCUT2D eigenvalue weighted by Crippen LogP contribution is -2.62. The summed E-state index contributed by atoms with van der Waals surface area (Å²) >= 11 is 0. The molecule has 1 aliphatic carbocycles. The highest BCUT2D eigenvalue weighted by Gasteiger charge is 2.54. The minimum absolute atomic E-state index is 0.0394. The van der Waals surface area contributed by atoms with E-state index in [2.05, 4.69) is 20.4 Å². The van der Waals surface area contributed by atoms with Crippen LogP contribution in [0.15, 0.2) is 24.3 Å². The van der Waals surface area contributed by atoms with Crippen molar-refractivity contribution in [1.29, 1.82) is 0 Å². The predicted octanol–water partition coefficient (Wildman–Crippen LogP) is 2.28. The molecule has 1 N–H and O–H groups in total. The van der Waals surface area contributed by atoms with Crippen LogP contribution < -0.4 is 5.32 Å². The molecule has 1 saturated carbocycles. The van der Waals surface area contributed by atoms with Gasteiger partial charge in [-0.1, -0.05) is 0 Å². The third kappa shape index (κ3) is 4.67. The zero-order chi connectivity index (χ0) is 25.0. The number of ether oxygens (including phenoxy) is 1. The number of fused-ring (bicyclic) bond motifs is 1. The van der Waals surface area contributed by atoms with Gasteiger partial charge in [0.25, 0.3) is 5.92 Å². The molecule has 2 saturated heterocycles. The van der Waals surface area contributed by atoms with E-state index >= 15 is 0 Å². The molecule has 0 spiro atoms. The Hall–Kier alpha value is -2.20. The zero-order valence-electron chi connectivity index (χ0n) is 19.7. The van der Waals surface area contributed by atoms with Crippen molar-refractivity contribution in [2.45, 2.75) is 36.6 Å². The van der Waals surface area contributed by atoms with Crippen LogP contribution in [-0.4, -0.2) is 74.4 Å². The van der Waals surface area contributed by atoms with Crippen molar-refractivity contribution in [3.05, 3.63) is 41.7 Å². The molecule has 0 bridgehead atoms. The first kappa shape index (κ1) is 24.5. The molecule has 3 aliphatic rings. The fourth-order valence-corrected chi connectivity index (χ4v) is 6.20. The molecule has 12 heteroatoms. The Bertz CT molecular complexity index is 1080. The van der Waals surface area contributed by atoms with Crippen LogP contribution in [-0.2, 0) is 4.74 Å². The van der Waals surface area contributed by atoms with Crippen LogP contribution in [0.2, 0.25) is 0 Å². The largest absolute Gasteiger partial charge is 0.375 e. The van der Waals surface area contributed by atoms with Gasteiger partial charge in [0, 0.05) is 43.3 Å². The number of alkyl halides is 2. The summed E-state index contributed by atoms with van der Waals surface area (Å²) in [6, 6.07) is 4.61. The number of hydrogen-bond acceptors (Lipinski definition) is 5. The summed E-state index contributed by atoms with van der Waals surface area (Å²) in [5, 5.41) is 10.7. The number of hydrogen-bond donors (Lipinski definition) is 1. The minimum Gasteiger partial charge on any atom is -0.375 e. The maximum atomic E-state index is 14.6. The molecule has 2 aromatic rings. The maximum Gasteiger partial charge on any atom is 0.274 e. The molecular weight excluding hydrogens is 465 g/mol. The highest BCUT2D eigenvalue weighted by Crippen LogP contribution is 2.45. The van der Waals surface area contributed by atoms with Crippen molar-refractivity contribution in [2.75, 3.05) is 31.6 Å². The van der Waals surface area contributed by atoms with Gasteiger partial charge in [0.15, 0.2) is 11.6 Å². The summed E-state index contributed by atoms with van der Waals surface area (Å²) in [4.78, 5) is 2.23. The van der Waals surface area contributed by atoms with Gasteiger partial charge in [-0.15, -0.1) is 10.2 Å². The number of rotatable bonds is 5. The van der Waals surface area contributed by atoms with Crippen molar-refractivity contribution in [3.63, 3.8) is 0 Å². The Morgan fingerprint density at radius 1 is 1.06 bits per heavy atom. The van der Waals surface area contributed by atoms with Crippen LogP contribution >= 0.6 is 0 Å². The molecule has 5 nitrogen and oxygen atoms in total. The van der Waals surface area contributed by atoms with E-state index in [1.807, 2.05) is 15.7 Å². The molecular formula is C23H27B2F5N4O. The molecule has 0 radical (unpaired) electrons. The molecule has 3 fully saturated rings. The number of halogens is 5. The second-order valence-electron chi connectivity index (χ2n) is 10.6. The molecule has 186 valence electrons. The van der Waals surface area contributed by atoms with Crippen LogP contribution in [0.25, 0.3) is 11.3 Å². The van der Waals surface area contributed by atoms with Crippen molar-refractivity contribution in [1.82, 2.24) is 15.1 Å². The average Bonchev–Trinajstić information content (AvgIpc) is 3.36. The lowest BCUT2D eigenvalue weighted by atomic mass is 9.51. The monoisotopic (exact) mass is 492 g/mol. The Kier molecular flexibility index (Phi) is 6.32. The van der Waals surface area contributed by atoms with Crippen LogP contribution in [0.1, 0.15) is 19.3 Å². The lowest BCUT2D eigenvalue weighted by molar-refractivity contribution is -0.169. The van der Waals surface area contributed by atoms with E-state index in [-0.39, 0.29) is 17.3 Å². The van der Waals surface area contributed by atoms with Gasteiger partial charge in [-0.25, -0.2) is 22.0 Å². The number of benzene rings is 1. The highest BCUT2D eigenvalue weighted by atomic mass is 19.3. The molecule has 0 amide bonds. The first-order valence-electron chi connectivity index (χ1n) is 12.0. The summed E-state index contributed by atoms with van der Waals surface area (Å²) in [5.41, 5.74) is -0.243. The fourth-order valence-electron chi connectivity index (χ4n) is 6.20. The molecule has 3 heterocycles. The van der Waals surface area contributed by atoms with Crippen molar-refractivity contribution in [2.24, 2.45) is 17.8 Å². The van der Waals surface area contributed by atoms with Gasteiger partial charge in [0.05, 0.1) is 5.69 Å². The van der Waals surface area contributed by atoms with Gasteiger partial charge in [-0.3, -0.25) is 0 Å². The van der Waals surface area contributed by atoms with Gasteiger partial charge in [0.1, 0.15) is 33.9 Å². The summed E-state index contributed by atoms with van der Waals surface area (Å²) in [5.74, 6) is -5.60. The molecule has 4 atom stereocenters. The summed E-state index contributed by atoms with van der Waals surface area (Å²) in [6.07, 6.45) is 2.13. The Morgan fingerprint density at radius 3 is 2.40 bits per heavy atom. The molecule has 1 aromatic carbocycles. The quantitative estimate of drug-likeness (QED) is 0.395. The van der Waals surface area contributed by atoms with E-state index in [0.29, 0.717) is 36.7 Å². The number of nitrogens with zero attached hydrogens (tertiary/aromatic N) is 3. The van der Waals surface area contributed by atoms with Gasteiger partial charge in [-0.2, -0.15) is 0 Å². The molecule has 2 aliphatic heterocycles. The smallest absolute Gasteiger partial charge is 0.274 e. The standard InChI is InChI=1S/C23H27B2F5N4O/c24-23(25,19-3-4-35-11-22(19,29)30)34-9-12-5-15(6-13(12)10-34)31-20-2-1-18(32-33-20)16-7-14(26)8-17(27)21(16)28/h1-2,7-8,12-13,15,19H,3-6,9-11,24-25H2,(H,31,33)/t12-,13+,15+,19?. The summed E-state index contributed by atoms with van der Waals surface area (Å²) in [7, 11) is 3.86. The van der Waals surface area contributed by atoms with E-state index in [9.17, 15) is 22.0 Å². The molecule has 1 unspecified atom stereocenters. The van der Waals surface area contributed by atoms with E-state index in [1.165, 1.54) is 6.07 Å². The van der Waals surface area contributed by atoms with Crippen molar-refractivity contribution >= 4 is 21.5 Å². The summed E-state index contributed by atoms with van der Waals surface area (Å²) < 4.78 is 75.2. The van der Waals surface area contributed by atoms with Gasteiger partial charge >= 0.3 is 0 Å².